The van der Waals surface area contributed by atoms with Crippen molar-refractivity contribution in [2.75, 3.05) is 49.6 Å². The number of aryl methyl sites for hydroxylation is 1. The highest BCUT2D eigenvalue weighted by atomic mass is 16.5. The van der Waals surface area contributed by atoms with Crippen molar-refractivity contribution in [3.63, 3.8) is 0 Å². The first-order valence-electron chi connectivity index (χ1n) is 9.21. The first-order valence-corrected chi connectivity index (χ1v) is 9.21. The van der Waals surface area contributed by atoms with Gasteiger partial charge < -0.3 is 24.4 Å². The molecule has 7 heteroatoms. The van der Waals surface area contributed by atoms with E-state index in [2.05, 4.69) is 10.2 Å². The fraction of sp³-hybridized carbons (Fsp3) is 0.400. The maximum atomic E-state index is 12.6. The minimum Gasteiger partial charge on any atom is -0.378 e. The molecule has 1 N–H and O–H groups in total. The van der Waals surface area contributed by atoms with Gasteiger partial charge in [-0.3, -0.25) is 9.59 Å². The van der Waals surface area contributed by atoms with Gasteiger partial charge in [0, 0.05) is 44.3 Å². The molecule has 1 fully saturated rings. The fourth-order valence-electron chi connectivity index (χ4n) is 3.12. The Kier molecular flexibility index (Phi) is 6.13. The molecule has 0 atom stereocenters. The van der Waals surface area contributed by atoms with E-state index in [1.54, 1.807) is 10.6 Å². The summed E-state index contributed by atoms with van der Waals surface area (Å²) in [4.78, 5) is 28.8. The zero-order chi connectivity index (χ0) is 19.2. The fourth-order valence-corrected chi connectivity index (χ4v) is 3.12. The molecule has 2 aromatic rings. The lowest BCUT2D eigenvalue weighted by atomic mass is 10.2. The van der Waals surface area contributed by atoms with Gasteiger partial charge in [-0.05, 0) is 43.3 Å². The summed E-state index contributed by atoms with van der Waals surface area (Å²) in [5.41, 5.74) is 2.41. The lowest BCUT2D eigenvalue weighted by molar-refractivity contribution is -0.116. The third-order valence-corrected chi connectivity index (χ3v) is 4.69. The topological polar surface area (TPSA) is 66.8 Å². The predicted molar refractivity (Wildman–Crippen MR) is 105 cm³/mol. The molecule has 3 rings (SSSR count). The summed E-state index contributed by atoms with van der Waals surface area (Å²) in [6.07, 6.45) is 1.82. The number of rotatable bonds is 6. The van der Waals surface area contributed by atoms with Crippen LogP contribution in [0.2, 0.25) is 0 Å². The average molecular weight is 370 g/mol. The van der Waals surface area contributed by atoms with Gasteiger partial charge in [0.2, 0.25) is 5.91 Å². The quantitative estimate of drug-likeness (QED) is 0.844. The highest BCUT2D eigenvalue weighted by Crippen LogP contribution is 2.19. The van der Waals surface area contributed by atoms with Crippen molar-refractivity contribution in [1.82, 2.24) is 9.47 Å². The number of aromatic nitrogens is 1. The van der Waals surface area contributed by atoms with Gasteiger partial charge in [0.25, 0.3) is 5.91 Å². The third kappa shape index (κ3) is 4.68. The average Bonchev–Trinajstić information content (AvgIpc) is 3.13. The Labute approximate surface area is 159 Å². The largest absolute Gasteiger partial charge is 0.378 e. The SMILES string of the molecule is CCN(CC(=O)Nc1ccc(N2CCOCC2)cc1)C(=O)c1cccn1C. The number of amides is 2. The minimum absolute atomic E-state index is 0.0196. The van der Waals surface area contributed by atoms with Gasteiger partial charge in [0.05, 0.1) is 13.2 Å². The molecular weight excluding hydrogens is 344 g/mol. The van der Waals surface area contributed by atoms with E-state index >= 15 is 0 Å². The number of nitrogens with zero attached hydrogens (tertiary/aromatic N) is 3. The number of likely N-dealkylation sites (N-methyl/N-ethyl adjacent to an activating group) is 1. The van der Waals surface area contributed by atoms with Gasteiger partial charge in [-0.25, -0.2) is 0 Å². The standard InChI is InChI=1S/C20H26N4O3/c1-3-23(20(26)18-5-4-10-22(18)2)15-19(25)21-16-6-8-17(9-7-16)24-11-13-27-14-12-24/h4-10H,3,11-15H2,1-2H3,(H,21,25). The van der Waals surface area contributed by atoms with Crippen molar-refractivity contribution >= 4 is 23.2 Å². The van der Waals surface area contributed by atoms with Crippen molar-refractivity contribution in [3.8, 4) is 0 Å². The number of carbonyl (C=O) groups is 2. The molecule has 1 aliphatic rings. The van der Waals surface area contributed by atoms with Gasteiger partial charge >= 0.3 is 0 Å². The number of nitrogens with one attached hydrogen (secondary N) is 1. The normalized spacial score (nSPS) is 14.1. The van der Waals surface area contributed by atoms with E-state index in [1.165, 1.54) is 4.90 Å². The van der Waals surface area contributed by atoms with Crippen LogP contribution in [-0.4, -0.2) is 60.7 Å². The summed E-state index contributed by atoms with van der Waals surface area (Å²) in [5.74, 6) is -0.360. The summed E-state index contributed by atoms with van der Waals surface area (Å²) in [7, 11) is 1.82. The van der Waals surface area contributed by atoms with E-state index in [1.807, 2.05) is 50.5 Å². The zero-order valence-corrected chi connectivity index (χ0v) is 15.9. The first kappa shape index (κ1) is 19.0. The molecule has 0 radical (unpaired) electrons. The van der Waals surface area contributed by atoms with Crippen LogP contribution in [0.15, 0.2) is 42.6 Å². The smallest absolute Gasteiger partial charge is 0.270 e. The Morgan fingerprint density at radius 2 is 1.85 bits per heavy atom. The molecule has 1 aromatic carbocycles. The number of ether oxygens (including phenoxy) is 1. The van der Waals surface area contributed by atoms with E-state index in [4.69, 9.17) is 4.74 Å². The summed E-state index contributed by atoms with van der Waals surface area (Å²) in [6.45, 7) is 5.57. The molecule has 27 heavy (non-hydrogen) atoms. The maximum Gasteiger partial charge on any atom is 0.270 e. The van der Waals surface area contributed by atoms with Crippen molar-refractivity contribution in [3.05, 3.63) is 48.3 Å². The number of hydrogen-bond donors (Lipinski definition) is 1. The summed E-state index contributed by atoms with van der Waals surface area (Å²) in [6, 6.07) is 11.3. The van der Waals surface area contributed by atoms with Crippen LogP contribution in [0.1, 0.15) is 17.4 Å². The van der Waals surface area contributed by atoms with Crippen molar-refractivity contribution in [2.45, 2.75) is 6.92 Å². The second-order valence-electron chi connectivity index (χ2n) is 6.52. The van der Waals surface area contributed by atoms with E-state index < -0.39 is 0 Å². The molecule has 1 aliphatic heterocycles. The van der Waals surface area contributed by atoms with Crippen molar-refractivity contribution in [1.29, 1.82) is 0 Å². The van der Waals surface area contributed by atoms with Gasteiger partial charge in [-0.15, -0.1) is 0 Å². The van der Waals surface area contributed by atoms with Crippen LogP contribution >= 0.6 is 0 Å². The molecule has 0 bridgehead atoms. The molecule has 2 amide bonds. The number of benzene rings is 1. The van der Waals surface area contributed by atoms with Crippen molar-refractivity contribution in [2.24, 2.45) is 7.05 Å². The van der Waals surface area contributed by atoms with E-state index in [0.717, 1.165) is 37.7 Å². The molecule has 1 saturated heterocycles. The van der Waals surface area contributed by atoms with Crippen LogP contribution in [0, 0.1) is 0 Å². The molecule has 0 spiro atoms. The third-order valence-electron chi connectivity index (χ3n) is 4.69. The van der Waals surface area contributed by atoms with Crippen LogP contribution in [0.4, 0.5) is 11.4 Å². The van der Waals surface area contributed by atoms with Gasteiger partial charge in [0.1, 0.15) is 12.2 Å². The van der Waals surface area contributed by atoms with E-state index in [-0.39, 0.29) is 18.4 Å². The van der Waals surface area contributed by atoms with E-state index in [9.17, 15) is 9.59 Å². The zero-order valence-electron chi connectivity index (χ0n) is 15.9. The monoisotopic (exact) mass is 370 g/mol. The first-order chi connectivity index (χ1) is 13.1. The van der Waals surface area contributed by atoms with Crippen LogP contribution < -0.4 is 10.2 Å². The highest BCUT2D eigenvalue weighted by Gasteiger charge is 2.19. The molecule has 0 aliphatic carbocycles. The number of carbonyl (C=O) groups excluding carboxylic acids is 2. The highest BCUT2D eigenvalue weighted by molar-refractivity contribution is 5.98. The van der Waals surface area contributed by atoms with E-state index in [0.29, 0.717) is 12.2 Å². The van der Waals surface area contributed by atoms with Crippen LogP contribution in [0.3, 0.4) is 0 Å². The predicted octanol–water partition coefficient (Wildman–Crippen LogP) is 1.96. The molecule has 1 aromatic heterocycles. The van der Waals surface area contributed by atoms with Crippen LogP contribution in [0.5, 0.6) is 0 Å². The molecule has 7 nitrogen and oxygen atoms in total. The second kappa shape index (κ2) is 8.73. The Bertz CT molecular complexity index is 779. The Morgan fingerprint density at radius 3 is 2.44 bits per heavy atom. The number of anilines is 2. The number of hydrogen-bond acceptors (Lipinski definition) is 4. The molecule has 2 heterocycles. The lowest BCUT2D eigenvalue weighted by Crippen LogP contribution is -2.38. The lowest BCUT2D eigenvalue weighted by Gasteiger charge is -2.29. The van der Waals surface area contributed by atoms with Crippen molar-refractivity contribution < 1.29 is 14.3 Å². The molecular formula is C20H26N4O3. The van der Waals surface area contributed by atoms with Gasteiger partial charge in [0.15, 0.2) is 0 Å². The molecule has 0 unspecified atom stereocenters. The van der Waals surface area contributed by atoms with Crippen LogP contribution in [0.25, 0.3) is 0 Å². The van der Waals surface area contributed by atoms with Gasteiger partial charge in [-0.1, -0.05) is 0 Å². The summed E-state index contributed by atoms with van der Waals surface area (Å²) in [5, 5.41) is 2.87. The van der Waals surface area contributed by atoms with Gasteiger partial charge in [-0.2, -0.15) is 0 Å². The number of morpholine rings is 1. The Hall–Kier alpha value is -2.80. The second-order valence-corrected chi connectivity index (χ2v) is 6.52. The maximum absolute atomic E-state index is 12.6. The summed E-state index contributed by atoms with van der Waals surface area (Å²) >= 11 is 0. The summed E-state index contributed by atoms with van der Waals surface area (Å²) < 4.78 is 7.12. The minimum atomic E-state index is -0.210. The molecule has 0 saturated carbocycles. The Balaban J connectivity index is 1.57. The molecule has 144 valence electrons. The Morgan fingerprint density at radius 1 is 1.15 bits per heavy atom. The van der Waals surface area contributed by atoms with Crippen LogP contribution in [-0.2, 0) is 16.6 Å².